The molecule has 58 heavy (non-hydrogen) atoms. The number of hydrogen-bond acceptors (Lipinski definition) is 8. The predicted molar refractivity (Wildman–Crippen MR) is 243 cm³/mol. The molecule has 0 aromatic rings. The summed E-state index contributed by atoms with van der Waals surface area (Å²) in [4.78, 5) is 34.8. The van der Waals surface area contributed by atoms with E-state index in [4.69, 9.17) is 24.3 Å². The van der Waals surface area contributed by atoms with Gasteiger partial charge in [-0.15, -0.1) is 0 Å². The van der Waals surface area contributed by atoms with Crippen LogP contribution in [-0.4, -0.2) is 49.3 Å². The molecule has 0 amide bonds. The van der Waals surface area contributed by atoms with Gasteiger partial charge in [0.1, 0.15) is 6.61 Å². The predicted octanol–water partition coefficient (Wildman–Crippen LogP) is 14.6. The van der Waals surface area contributed by atoms with Gasteiger partial charge in [-0.1, -0.05) is 219 Å². The Labute approximate surface area is 358 Å². The fourth-order valence-corrected chi connectivity index (χ4v) is 7.99. The summed E-state index contributed by atoms with van der Waals surface area (Å²) in [6.07, 6.45) is 48.5. The van der Waals surface area contributed by atoms with Crippen molar-refractivity contribution in [3.05, 3.63) is 12.2 Å². The number of ether oxygens (including phenoxy) is 2. The number of carbonyl (C=O) groups is 2. The average molecular weight is 844 g/mol. The second-order valence-corrected chi connectivity index (χ2v) is 18.1. The van der Waals surface area contributed by atoms with Crippen LogP contribution in [0.3, 0.4) is 0 Å². The summed E-state index contributed by atoms with van der Waals surface area (Å²) in [6, 6.07) is 0. The molecule has 0 saturated carbocycles. The molecule has 0 aliphatic rings. The lowest BCUT2D eigenvalue weighted by molar-refractivity contribution is -0.161. The average Bonchev–Trinajstić information content (AvgIpc) is 3.21. The maximum absolute atomic E-state index is 12.5. The van der Waals surface area contributed by atoms with Gasteiger partial charge in [-0.25, -0.2) is 4.57 Å². The van der Waals surface area contributed by atoms with Gasteiger partial charge in [0, 0.05) is 19.4 Å². The van der Waals surface area contributed by atoms with E-state index in [1.54, 1.807) is 0 Å². The van der Waals surface area contributed by atoms with Gasteiger partial charge >= 0.3 is 19.8 Å². The minimum absolute atomic E-state index is 0.0547. The molecule has 0 aromatic heterocycles. The molecule has 0 radical (unpaired) electrons. The smallest absolute Gasteiger partial charge is 0.462 e. The second kappa shape index (κ2) is 45.3. The Morgan fingerprint density at radius 3 is 1.29 bits per heavy atom. The molecule has 10 heteroatoms. The Morgan fingerprint density at radius 2 is 0.879 bits per heavy atom. The van der Waals surface area contributed by atoms with Crippen LogP contribution in [0.5, 0.6) is 0 Å². The van der Waals surface area contributed by atoms with Crippen molar-refractivity contribution in [1.82, 2.24) is 0 Å². The Hall–Kier alpha value is -1.25. The lowest BCUT2D eigenvalue weighted by atomic mass is 10.0. The molecule has 344 valence electrons. The highest BCUT2D eigenvalue weighted by molar-refractivity contribution is 7.47. The number of phosphoric acid groups is 1. The number of allylic oxidation sites excluding steroid dienone is 2. The summed E-state index contributed by atoms with van der Waals surface area (Å²) in [5.41, 5.74) is 5.35. The highest BCUT2D eigenvalue weighted by atomic mass is 31.2. The summed E-state index contributed by atoms with van der Waals surface area (Å²) in [7, 11) is -4.37. The highest BCUT2D eigenvalue weighted by Crippen LogP contribution is 2.43. The van der Waals surface area contributed by atoms with E-state index in [1.807, 2.05) is 0 Å². The van der Waals surface area contributed by atoms with Crippen molar-refractivity contribution >= 4 is 19.8 Å². The molecule has 0 rings (SSSR count). The summed E-state index contributed by atoms with van der Waals surface area (Å²) in [6.45, 7) is 3.70. The maximum Gasteiger partial charge on any atom is 0.472 e. The van der Waals surface area contributed by atoms with Crippen LogP contribution in [-0.2, 0) is 32.7 Å². The maximum atomic E-state index is 12.5. The number of carbonyl (C=O) groups excluding carboxylic acids is 2. The van der Waals surface area contributed by atoms with E-state index in [1.165, 1.54) is 161 Å². The van der Waals surface area contributed by atoms with Crippen molar-refractivity contribution in [3.63, 3.8) is 0 Å². The Morgan fingerprint density at radius 1 is 0.500 bits per heavy atom. The number of hydrogen-bond donors (Lipinski definition) is 2. The third kappa shape index (κ3) is 44.3. The zero-order chi connectivity index (χ0) is 42.5. The van der Waals surface area contributed by atoms with Crippen LogP contribution >= 0.6 is 7.82 Å². The first kappa shape index (κ1) is 56.8. The van der Waals surface area contributed by atoms with E-state index in [-0.39, 0.29) is 38.6 Å². The fourth-order valence-electron chi connectivity index (χ4n) is 7.23. The summed E-state index contributed by atoms with van der Waals surface area (Å²) in [5.74, 6) is -0.829. The third-order valence-corrected chi connectivity index (χ3v) is 11.9. The number of phosphoric ester groups is 1. The first-order valence-electron chi connectivity index (χ1n) is 24.7. The van der Waals surface area contributed by atoms with Crippen LogP contribution in [0.15, 0.2) is 12.2 Å². The van der Waals surface area contributed by atoms with E-state index in [0.717, 1.165) is 57.8 Å². The largest absolute Gasteiger partial charge is 0.472 e. The summed E-state index contributed by atoms with van der Waals surface area (Å²) < 4.78 is 32.8. The zero-order valence-corrected chi connectivity index (χ0v) is 38.9. The van der Waals surface area contributed by atoms with Crippen molar-refractivity contribution in [2.75, 3.05) is 26.4 Å². The molecule has 0 bridgehead atoms. The molecule has 0 fully saturated rings. The standard InChI is InChI=1S/C48H94NO8P/c1-3-5-7-9-11-13-15-16-17-18-19-20-21-22-23-24-25-26-27-28-29-30-31-33-34-36-38-40-47(50)54-44-46(45-56-58(52,53)55-43-42-49)57-48(51)41-39-37-35-32-14-12-10-8-6-4-2/h8,10,46H,3-7,9,11-45,49H2,1-2H3,(H,52,53)/b10-8-. The topological polar surface area (TPSA) is 134 Å². The quantitative estimate of drug-likeness (QED) is 0.0266. The van der Waals surface area contributed by atoms with Crippen molar-refractivity contribution in [2.45, 2.75) is 258 Å². The molecular formula is C48H94NO8P. The number of unbranched alkanes of at least 4 members (excludes halogenated alkanes) is 32. The first-order valence-corrected chi connectivity index (χ1v) is 26.2. The Balaban J connectivity index is 3.85. The highest BCUT2D eigenvalue weighted by Gasteiger charge is 2.26. The minimum Gasteiger partial charge on any atom is -0.462 e. The Bertz CT molecular complexity index is 964. The van der Waals surface area contributed by atoms with Crippen LogP contribution in [0.2, 0.25) is 0 Å². The van der Waals surface area contributed by atoms with Crippen LogP contribution in [0.25, 0.3) is 0 Å². The van der Waals surface area contributed by atoms with Gasteiger partial charge < -0.3 is 20.1 Å². The van der Waals surface area contributed by atoms with Crippen molar-refractivity contribution in [1.29, 1.82) is 0 Å². The first-order chi connectivity index (χ1) is 28.3. The SMILES string of the molecule is CCC/C=C\CCCCCCCC(=O)OC(COC(=O)CCCCCCCCCCCCCCCCCCCCCCCCCCCCC)COP(=O)(O)OCCN. The molecule has 0 aromatic carbocycles. The van der Waals surface area contributed by atoms with Gasteiger partial charge in [-0.05, 0) is 32.1 Å². The van der Waals surface area contributed by atoms with Crippen LogP contribution in [0.4, 0.5) is 0 Å². The van der Waals surface area contributed by atoms with Crippen molar-refractivity contribution in [2.24, 2.45) is 5.73 Å². The number of nitrogens with two attached hydrogens (primary N) is 1. The Kier molecular flexibility index (Phi) is 44.3. The number of esters is 2. The van der Waals surface area contributed by atoms with Gasteiger partial charge in [0.25, 0.3) is 0 Å². The van der Waals surface area contributed by atoms with Crippen LogP contribution in [0.1, 0.15) is 251 Å². The van der Waals surface area contributed by atoms with Crippen LogP contribution in [0, 0.1) is 0 Å². The van der Waals surface area contributed by atoms with Gasteiger partial charge in [-0.3, -0.25) is 18.6 Å². The fraction of sp³-hybridized carbons (Fsp3) is 0.917. The van der Waals surface area contributed by atoms with Crippen molar-refractivity contribution in [3.8, 4) is 0 Å². The van der Waals surface area contributed by atoms with E-state index in [9.17, 15) is 19.0 Å². The lowest BCUT2D eigenvalue weighted by Gasteiger charge is -2.19. The molecule has 0 spiro atoms. The molecular weight excluding hydrogens is 750 g/mol. The molecule has 2 unspecified atom stereocenters. The normalized spacial score (nSPS) is 13.2. The molecule has 0 saturated heterocycles. The molecule has 2 atom stereocenters. The summed E-state index contributed by atoms with van der Waals surface area (Å²) >= 11 is 0. The van der Waals surface area contributed by atoms with E-state index in [0.29, 0.717) is 6.42 Å². The molecule has 0 aliphatic heterocycles. The van der Waals surface area contributed by atoms with Gasteiger partial charge in [0.2, 0.25) is 0 Å². The second-order valence-electron chi connectivity index (χ2n) is 16.7. The number of rotatable bonds is 47. The molecule has 0 aliphatic carbocycles. The molecule has 9 nitrogen and oxygen atoms in total. The monoisotopic (exact) mass is 844 g/mol. The molecule has 0 heterocycles. The van der Waals surface area contributed by atoms with Gasteiger partial charge in [0.15, 0.2) is 6.10 Å². The van der Waals surface area contributed by atoms with Crippen LogP contribution < -0.4 is 5.73 Å². The van der Waals surface area contributed by atoms with Gasteiger partial charge in [-0.2, -0.15) is 0 Å². The molecule has 3 N–H and O–H groups in total. The summed E-state index contributed by atoms with van der Waals surface area (Å²) in [5, 5.41) is 0. The lowest BCUT2D eigenvalue weighted by Crippen LogP contribution is -2.29. The minimum atomic E-state index is -4.37. The van der Waals surface area contributed by atoms with E-state index < -0.39 is 26.5 Å². The third-order valence-electron chi connectivity index (χ3n) is 10.9. The van der Waals surface area contributed by atoms with E-state index in [2.05, 4.69) is 26.0 Å². The van der Waals surface area contributed by atoms with E-state index >= 15 is 0 Å². The van der Waals surface area contributed by atoms with Gasteiger partial charge in [0.05, 0.1) is 13.2 Å². The van der Waals surface area contributed by atoms with Crippen molar-refractivity contribution < 1.29 is 37.6 Å². The zero-order valence-electron chi connectivity index (χ0n) is 38.1.